The normalized spacial score (nSPS) is 12.9. The van der Waals surface area contributed by atoms with Crippen LogP contribution >= 0.6 is 11.3 Å². The molecule has 0 aliphatic carbocycles. The second-order valence-electron chi connectivity index (χ2n) is 5.35. The van der Waals surface area contributed by atoms with Crippen LogP contribution in [0.1, 0.15) is 49.2 Å². The van der Waals surface area contributed by atoms with Crippen LogP contribution in [0.3, 0.4) is 0 Å². The number of nitrogens with one attached hydrogen (secondary N) is 1. The van der Waals surface area contributed by atoms with Crippen molar-refractivity contribution in [1.29, 1.82) is 0 Å². The third-order valence-corrected chi connectivity index (χ3v) is 3.57. The van der Waals surface area contributed by atoms with E-state index in [2.05, 4.69) is 5.32 Å². The first kappa shape index (κ1) is 15.7. The predicted octanol–water partition coefficient (Wildman–Crippen LogP) is 2.77. The molecule has 0 fully saturated rings. The van der Waals surface area contributed by atoms with Crippen molar-refractivity contribution >= 4 is 23.2 Å². The lowest BCUT2D eigenvalue weighted by molar-refractivity contribution is -0.156. The lowest BCUT2D eigenvalue weighted by Crippen LogP contribution is -2.42. The van der Waals surface area contributed by atoms with Gasteiger partial charge in [0.05, 0.1) is 4.88 Å². The van der Waals surface area contributed by atoms with Crippen molar-refractivity contribution in [3.8, 4) is 0 Å². The van der Waals surface area contributed by atoms with E-state index in [4.69, 9.17) is 4.74 Å². The van der Waals surface area contributed by atoms with E-state index in [9.17, 15) is 9.59 Å². The van der Waals surface area contributed by atoms with Gasteiger partial charge in [0.25, 0.3) is 5.91 Å². The van der Waals surface area contributed by atoms with Gasteiger partial charge >= 0.3 is 5.97 Å². The molecule has 19 heavy (non-hydrogen) atoms. The lowest BCUT2D eigenvalue weighted by atomic mass is 10.2. The first-order chi connectivity index (χ1) is 8.73. The monoisotopic (exact) mass is 283 g/mol. The van der Waals surface area contributed by atoms with Crippen LogP contribution in [-0.4, -0.2) is 23.5 Å². The molecule has 0 aromatic carbocycles. The van der Waals surface area contributed by atoms with E-state index in [1.165, 1.54) is 11.3 Å². The summed E-state index contributed by atoms with van der Waals surface area (Å²) in [6.07, 6.45) is 0.902. The zero-order chi connectivity index (χ0) is 14.6. The highest BCUT2D eigenvalue weighted by atomic mass is 32.1. The molecular weight excluding hydrogens is 262 g/mol. The zero-order valence-corrected chi connectivity index (χ0v) is 12.9. The Balaban J connectivity index is 2.59. The average Bonchev–Trinajstić information content (AvgIpc) is 2.75. The van der Waals surface area contributed by atoms with Crippen molar-refractivity contribution in [2.45, 2.75) is 52.7 Å². The highest BCUT2D eigenvalue weighted by Gasteiger charge is 2.23. The van der Waals surface area contributed by atoms with Gasteiger partial charge in [-0.3, -0.25) is 4.79 Å². The Bertz CT molecular complexity index is 460. The highest BCUT2D eigenvalue weighted by Crippen LogP contribution is 2.17. The smallest absolute Gasteiger partial charge is 0.328 e. The number of carbonyl (C=O) groups is 2. The fraction of sp³-hybridized carbons (Fsp3) is 0.571. The van der Waals surface area contributed by atoms with Crippen LogP contribution in [0.4, 0.5) is 0 Å². The molecule has 0 aliphatic rings. The van der Waals surface area contributed by atoms with E-state index in [1.54, 1.807) is 33.8 Å². The Hall–Kier alpha value is -1.36. The molecule has 0 radical (unpaired) electrons. The van der Waals surface area contributed by atoms with Crippen LogP contribution in [0.2, 0.25) is 0 Å². The molecule has 0 unspecified atom stereocenters. The van der Waals surface area contributed by atoms with Gasteiger partial charge < -0.3 is 10.1 Å². The van der Waals surface area contributed by atoms with E-state index < -0.39 is 17.6 Å². The predicted molar refractivity (Wildman–Crippen MR) is 76.5 cm³/mol. The molecule has 106 valence electrons. The maximum atomic E-state index is 11.9. The largest absolute Gasteiger partial charge is 0.458 e. The molecule has 1 amide bonds. The maximum Gasteiger partial charge on any atom is 0.328 e. The van der Waals surface area contributed by atoms with E-state index >= 15 is 0 Å². The first-order valence-electron chi connectivity index (χ1n) is 6.35. The van der Waals surface area contributed by atoms with Crippen molar-refractivity contribution in [1.82, 2.24) is 5.32 Å². The summed E-state index contributed by atoms with van der Waals surface area (Å²) >= 11 is 1.44. The number of rotatable bonds is 4. The number of aryl methyl sites for hydroxylation is 1. The number of amides is 1. The van der Waals surface area contributed by atoms with Gasteiger partial charge in [0.2, 0.25) is 0 Å². The summed E-state index contributed by atoms with van der Waals surface area (Å²) in [7, 11) is 0. The average molecular weight is 283 g/mol. The Morgan fingerprint density at radius 2 is 2.00 bits per heavy atom. The van der Waals surface area contributed by atoms with Gasteiger partial charge in [-0.05, 0) is 46.2 Å². The molecule has 0 spiro atoms. The van der Waals surface area contributed by atoms with Crippen molar-refractivity contribution in [3.05, 3.63) is 21.9 Å². The Labute approximate surface area is 118 Å². The number of esters is 1. The number of thiophene rings is 1. The van der Waals surface area contributed by atoms with Crippen LogP contribution in [0.5, 0.6) is 0 Å². The van der Waals surface area contributed by atoms with Crippen molar-refractivity contribution in [2.24, 2.45) is 0 Å². The lowest BCUT2D eigenvalue weighted by Gasteiger charge is -2.22. The third-order valence-electron chi connectivity index (χ3n) is 2.34. The summed E-state index contributed by atoms with van der Waals surface area (Å²) < 4.78 is 5.21. The Morgan fingerprint density at radius 3 is 2.47 bits per heavy atom. The molecule has 5 heteroatoms. The van der Waals surface area contributed by atoms with Crippen LogP contribution < -0.4 is 5.32 Å². The maximum absolute atomic E-state index is 11.9. The second-order valence-corrected chi connectivity index (χ2v) is 6.52. The molecule has 1 aromatic heterocycles. The fourth-order valence-electron chi connectivity index (χ4n) is 1.41. The summed E-state index contributed by atoms with van der Waals surface area (Å²) in [5.74, 6) is -0.656. The summed E-state index contributed by atoms with van der Waals surface area (Å²) in [6.45, 7) is 9.06. The molecule has 0 aliphatic heterocycles. The molecule has 1 N–H and O–H groups in total. The summed E-state index contributed by atoms with van der Waals surface area (Å²) in [6, 6.07) is 3.05. The van der Waals surface area contributed by atoms with E-state index in [0.29, 0.717) is 4.88 Å². The highest BCUT2D eigenvalue weighted by molar-refractivity contribution is 7.14. The minimum atomic E-state index is -0.654. The number of carbonyl (C=O) groups excluding carboxylic acids is 2. The minimum Gasteiger partial charge on any atom is -0.458 e. The van der Waals surface area contributed by atoms with Gasteiger partial charge in [-0.2, -0.15) is 0 Å². The molecular formula is C14H21NO3S. The molecule has 1 aromatic rings. The van der Waals surface area contributed by atoms with Gasteiger partial charge in [-0.15, -0.1) is 11.3 Å². The van der Waals surface area contributed by atoms with Crippen LogP contribution in [0.25, 0.3) is 0 Å². The SMILES string of the molecule is CCc1ccc(C(=O)N[C@@H](C)C(=O)OC(C)(C)C)s1. The van der Waals surface area contributed by atoms with Crippen molar-refractivity contribution in [3.63, 3.8) is 0 Å². The number of ether oxygens (including phenoxy) is 1. The molecule has 1 atom stereocenters. The number of hydrogen-bond acceptors (Lipinski definition) is 4. The van der Waals surface area contributed by atoms with Crippen LogP contribution in [0, 0.1) is 0 Å². The molecule has 4 nitrogen and oxygen atoms in total. The zero-order valence-electron chi connectivity index (χ0n) is 12.1. The molecule has 0 saturated carbocycles. The quantitative estimate of drug-likeness (QED) is 0.864. The minimum absolute atomic E-state index is 0.233. The number of hydrogen-bond donors (Lipinski definition) is 1. The standard InChI is InChI=1S/C14H21NO3S/c1-6-10-7-8-11(19-10)12(16)15-9(2)13(17)18-14(3,4)5/h7-9H,6H2,1-5H3,(H,15,16)/t9-/m0/s1. The molecule has 0 bridgehead atoms. The Kier molecular flexibility index (Phi) is 5.11. The topological polar surface area (TPSA) is 55.4 Å². The van der Waals surface area contributed by atoms with Gasteiger partial charge in [-0.25, -0.2) is 4.79 Å². The van der Waals surface area contributed by atoms with E-state index in [1.807, 2.05) is 13.0 Å². The van der Waals surface area contributed by atoms with Crippen LogP contribution in [-0.2, 0) is 16.0 Å². The van der Waals surface area contributed by atoms with E-state index in [0.717, 1.165) is 11.3 Å². The fourth-order valence-corrected chi connectivity index (χ4v) is 2.26. The van der Waals surface area contributed by atoms with Gasteiger partial charge in [-0.1, -0.05) is 6.92 Å². The van der Waals surface area contributed by atoms with Gasteiger partial charge in [0.15, 0.2) is 0 Å². The summed E-state index contributed by atoms with van der Waals surface area (Å²) in [5.41, 5.74) is -0.547. The van der Waals surface area contributed by atoms with E-state index in [-0.39, 0.29) is 5.91 Å². The third kappa shape index (κ3) is 5.03. The summed E-state index contributed by atoms with van der Waals surface area (Å²) in [5, 5.41) is 2.65. The van der Waals surface area contributed by atoms with Gasteiger partial charge in [0, 0.05) is 4.88 Å². The van der Waals surface area contributed by atoms with Crippen molar-refractivity contribution in [2.75, 3.05) is 0 Å². The van der Waals surface area contributed by atoms with Crippen LogP contribution in [0.15, 0.2) is 12.1 Å². The molecule has 1 rings (SSSR count). The van der Waals surface area contributed by atoms with Gasteiger partial charge in [0.1, 0.15) is 11.6 Å². The Morgan fingerprint density at radius 1 is 1.37 bits per heavy atom. The first-order valence-corrected chi connectivity index (χ1v) is 7.17. The second kappa shape index (κ2) is 6.19. The molecule has 1 heterocycles. The summed E-state index contributed by atoms with van der Waals surface area (Å²) in [4.78, 5) is 25.5. The molecule has 0 saturated heterocycles. The van der Waals surface area contributed by atoms with Crippen molar-refractivity contribution < 1.29 is 14.3 Å².